The fourth-order valence-electron chi connectivity index (χ4n) is 3.68. The number of halogens is 1. The average Bonchev–Trinajstić information content (AvgIpc) is 3.02. The fourth-order valence-corrected chi connectivity index (χ4v) is 3.86. The van der Waals surface area contributed by atoms with E-state index in [9.17, 15) is 0 Å². The second-order valence-corrected chi connectivity index (χ2v) is 6.04. The van der Waals surface area contributed by atoms with Crippen molar-refractivity contribution in [3.63, 3.8) is 0 Å². The van der Waals surface area contributed by atoms with Crippen molar-refractivity contribution in [2.75, 3.05) is 6.54 Å². The van der Waals surface area contributed by atoms with E-state index in [0.717, 1.165) is 18.5 Å². The van der Waals surface area contributed by atoms with Gasteiger partial charge < -0.3 is 0 Å². The van der Waals surface area contributed by atoms with E-state index >= 15 is 0 Å². The molecule has 2 aliphatic rings. The standard InChI is InChI=1S/C15H21ClN2/c16-15-13(7-3-9-17-15)11-18-10-4-8-14(18)12-5-1-2-6-12/h3,7,9,12,14H,1-2,4-6,8,10-11H2. The predicted molar refractivity (Wildman–Crippen MR) is 74.6 cm³/mol. The van der Waals surface area contributed by atoms with E-state index in [1.807, 2.05) is 6.07 Å². The zero-order valence-electron chi connectivity index (χ0n) is 10.8. The van der Waals surface area contributed by atoms with Crippen LogP contribution in [0.1, 0.15) is 44.1 Å². The van der Waals surface area contributed by atoms with Crippen molar-refractivity contribution in [3.05, 3.63) is 29.0 Å². The number of hydrogen-bond acceptors (Lipinski definition) is 2. The normalized spacial score (nSPS) is 25.9. The van der Waals surface area contributed by atoms with Gasteiger partial charge in [-0.25, -0.2) is 4.98 Å². The van der Waals surface area contributed by atoms with Crippen molar-refractivity contribution < 1.29 is 0 Å². The van der Waals surface area contributed by atoms with Crippen LogP contribution in [0.15, 0.2) is 18.3 Å². The van der Waals surface area contributed by atoms with Gasteiger partial charge in [-0.05, 0) is 44.2 Å². The second kappa shape index (κ2) is 5.58. The van der Waals surface area contributed by atoms with Crippen LogP contribution in [0.2, 0.25) is 5.15 Å². The van der Waals surface area contributed by atoms with E-state index in [1.165, 1.54) is 50.6 Å². The van der Waals surface area contributed by atoms with Gasteiger partial charge >= 0.3 is 0 Å². The van der Waals surface area contributed by atoms with Gasteiger partial charge in [0, 0.05) is 24.3 Å². The summed E-state index contributed by atoms with van der Waals surface area (Å²) in [4.78, 5) is 6.82. The molecule has 1 unspecified atom stereocenters. The van der Waals surface area contributed by atoms with Crippen LogP contribution in [0, 0.1) is 5.92 Å². The van der Waals surface area contributed by atoms with Crippen LogP contribution < -0.4 is 0 Å². The summed E-state index contributed by atoms with van der Waals surface area (Å²) in [6.45, 7) is 2.21. The highest BCUT2D eigenvalue weighted by atomic mass is 35.5. The molecule has 1 saturated heterocycles. The van der Waals surface area contributed by atoms with Crippen LogP contribution in [0.5, 0.6) is 0 Å². The molecule has 0 bridgehead atoms. The van der Waals surface area contributed by atoms with Crippen molar-refractivity contribution in [1.82, 2.24) is 9.88 Å². The van der Waals surface area contributed by atoms with Gasteiger partial charge in [-0.2, -0.15) is 0 Å². The van der Waals surface area contributed by atoms with Gasteiger partial charge in [0.2, 0.25) is 0 Å². The second-order valence-electron chi connectivity index (χ2n) is 5.68. The molecule has 1 aliphatic carbocycles. The molecule has 3 rings (SSSR count). The Hall–Kier alpha value is -0.600. The lowest BCUT2D eigenvalue weighted by atomic mass is 9.96. The molecule has 0 radical (unpaired) electrons. The Labute approximate surface area is 114 Å². The van der Waals surface area contributed by atoms with Gasteiger partial charge in [0.1, 0.15) is 5.15 Å². The highest BCUT2D eigenvalue weighted by molar-refractivity contribution is 6.30. The minimum absolute atomic E-state index is 0.676. The lowest BCUT2D eigenvalue weighted by Gasteiger charge is -2.29. The summed E-state index contributed by atoms with van der Waals surface area (Å²) in [7, 11) is 0. The third-order valence-corrected chi connectivity index (χ3v) is 4.91. The number of aromatic nitrogens is 1. The van der Waals surface area contributed by atoms with Crippen LogP contribution in [-0.2, 0) is 6.54 Å². The van der Waals surface area contributed by atoms with Gasteiger partial charge in [0.25, 0.3) is 0 Å². The molecule has 3 heteroatoms. The fraction of sp³-hybridized carbons (Fsp3) is 0.667. The third-order valence-electron chi connectivity index (χ3n) is 4.57. The molecule has 98 valence electrons. The summed E-state index contributed by atoms with van der Waals surface area (Å²) in [6.07, 6.45) is 10.2. The number of likely N-dealkylation sites (tertiary alicyclic amines) is 1. The Morgan fingerprint density at radius 1 is 1.22 bits per heavy atom. The van der Waals surface area contributed by atoms with Gasteiger partial charge in [0.05, 0.1) is 0 Å². The van der Waals surface area contributed by atoms with Gasteiger partial charge in [-0.15, -0.1) is 0 Å². The number of rotatable bonds is 3. The van der Waals surface area contributed by atoms with Crippen molar-refractivity contribution in [1.29, 1.82) is 0 Å². The Morgan fingerprint density at radius 3 is 2.83 bits per heavy atom. The zero-order chi connectivity index (χ0) is 12.4. The maximum atomic E-state index is 6.17. The molecule has 18 heavy (non-hydrogen) atoms. The molecule has 1 aromatic heterocycles. The highest BCUT2D eigenvalue weighted by Crippen LogP contribution is 2.36. The minimum atomic E-state index is 0.676. The lowest BCUT2D eigenvalue weighted by molar-refractivity contribution is 0.183. The molecule has 0 aromatic carbocycles. The van der Waals surface area contributed by atoms with Crippen LogP contribution in [0.3, 0.4) is 0 Å². The number of pyridine rings is 1. The summed E-state index contributed by atoms with van der Waals surface area (Å²) in [5, 5.41) is 0.676. The monoisotopic (exact) mass is 264 g/mol. The van der Waals surface area contributed by atoms with Crippen LogP contribution in [-0.4, -0.2) is 22.5 Å². The molecule has 2 heterocycles. The smallest absolute Gasteiger partial charge is 0.133 e. The van der Waals surface area contributed by atoms with Crippen molar-refractivity contribution >= 4 is 11.6 Å². The Morgan fingerprint density at radius 2 is 2.06 bits per heavy atom. The first kappa shape index (κ1) is 12.4. The molecule has 1 saturated carbocycles. The molecule has 2 fully saturated rings. The molecular weight excluding hydrogens is 244 g/mol. The predicted octanol–water partition coefficient (Wildman–Crippen LogP) is 3.89. The van der Waals surface area contributed by atoms with E-state index in [1.54, 1.807) is 6.20 Å². The molecular formula is C15H21ClN2. The summed E-state index contributed by atoms with van der Waals surface area (Å²) >= 11 is 6.17. The molecule has 0 N–H and O–H groups in total. The summed E-state index contributed by atoms with van der Waals surface area (Å²) in [6, 6.07) is 4.89. The SMILES string of the molecule is Clc1ncccc1CN1CCCC1C1CCCC1. The maximum absolute atomic E-state index is 6.17. The van der Waals surface area contributed by atoms with E-state index < -0.39 is 0 Å². The van der Waals surface area contributed by atoms with E-state index in [-0.39, 0.29) is 0 Å². The van der Waals surface area contributed by atoms with E-state index in [0.29, 0.717) is 5.15 Å². The highest BCUT2D eigenvalue weighted by Gasteiger charge is 2.33. The maximum Gasteiger partial charge on any atom is 0.133 e. The molecule has 2 nitrogen and oxygen atoms in total. The molecule has 1 atom stereocenters. The van der Waals surface area contributed by atoms with Crippen molar-refractivity contribution in [2.45, 2.75) is 51.1 Å². The van der Waals surface area contributed by atoms with Crippen molar-refractivity contribution in [2.24, 2.45) is 5.92 Å². The molecule has 1 aromatic rings. The quantitative estimate of drug-likeness (QED) is 0.770. The number of hydrogen-bond donors (Lipinski definition) is 0. The van der Waals surface area contributed by atoms with E-state index in [2.05, 4.69) is 16.0 Å². The third kappa shape index (κ3) is 2.55. The lowest BCUT2D eigenvalue weighted by Crippen LogP contribution is -2.34. The van der Waals surface area contributed by atoms with Gasteiger partial charge in [-0.1, -0.05) is 30.5 Å². The van der Waals surface area contributed by atoms with Crippen LogP contribution >= 0.6 is 11.6 Å². The summed E-state index contributed by atoms with van der Waals surface area (Å²) in [5.74, 6) is 0.933. The first-order valence-corrected chi connectivity index (χ1v) is 7.56. The Kier molecular flexibility index (Phi) is 3.86. The molecule has 0 spiro atoms. The Bertz CT molecular complexity index is 401. The first-order valence-electron chi connectivity index (χ1n) is 7.18. The Balaban J connectivity index is 1.69. The summed E-state index contributed by atoms with van der Waals surface area (Å²) < 4.78 is 0. The van der Waals surface area contributed by atoms with E-state index in [4.69, 9.17) is 11.6 Å². The van der Waals surface area contributed by atoms with Gasteiger partial charge in [0.15, 0.2) is 0 Å². The molecule has 0 amide bonds. The largest absolute Gasteiger partial charge is 0.296 e. The number of nitrogens with zero attached hydrogens (tertiary/aromatic N) is 2. The average molecular weight is 265 g/mol. The van der Waals surface area contributed by atoms with Crippen molar-refractivity contribution in [3.8, 4) is 0 Å². The topological polar surface area (TPSA) is 16.1 Å². The summed E-state index contributed by atoms with van der Waals surface area (Å²) in [5.41, 5.74) is 1.18. The van der Waals surface area contributed by atoms with Crippen LogP contribution in [0.4, 0.5) is 0 Å². The van der Waals surface area contributed by atoms with Gasteiger partial charge in [-0.3, -0.25) is 4.90 Å². The molecule has 1 aliphatic heterocycles. The minimum Gasteiger partial charge on any atom is -0.296 e. The van der Waals surface area contributed by atoms with Crippen LogP contribution in [0.25, 0.3) is 0 Å². The zero-order valence-corrected chi connectivity index (χ0v) is 11.6. The first-order chi connectivity index (χ1) is 8.84.